The molecule has 1 fully saturated rings. The maximum atomic E-state index is 13.9. The molecule has 0 aliphatic carbocycles. The fourth-order valence-electron chi connectivity index (χ4n) is 3.12. The lowest BCUT2D eigenvalue weighted by atomic mass is 9.99. The van der Waals surface area contributed by atoms with Crippen molar-refractivity contribution < 1.29 is 19.1 Å². The van der Waals surface area contributed by atoms with Crippen LogP contribution in [0, 0.1) is 17.7 Å². The number of amides is 1. The summed E-state index contributed by atoms with van der Waals surface area (Å²) in [5.74, 6) is -1.95. The summed E-state index contributed by atoms with van der Waals surface area (Å²) in [5.41, 5.74) is 0.278. The number of carboxylic acid groups (broad SMARTS) is 1. The van der Waals surface area contributed by atoms with Crippen LogP contribution in [0.4, 0.5) is 4.39 Å². The second kappa shape index (κ2) is 7.49. The van der Waals surface area contributed by atoms with E-state index < -0.39 is 23.7 Å². The lowest BCUT2D eigenvalue weighted by Crippen LogP contribution is -2.45. The van der Waals surface area contributed by atoms with Crippen LogP contribution < -0.4 is 0 Å². The molecule has 7 heteroatoms. The summed E-state index contributed by atoms with van der Waals surface area (Å²) >= 11 is 6.00. The maximum Gasteiger partial charge on any atom is 0.308 e. The van der Waals surface area contributed by atoms with Crippen molar-refractivity contribution in [3.8, 4) is 0 Å². The molecule has 3 atom stereocenters. The molecule has 2 rings (SSSR count). The Labute approximate surface area is 146 Å². The van der Waals surface area contributed by atoms with Crippen LogP contribution in [-0.2, 0) is 16.1 Å². The highest BCUT2D eigenvalue weighted by molar-refractivity contribution is 6.31. The smallest absolute Gasteiger partial charge is 0.308 e. The molecule has 5 nitrogen and oxygen atoms in total. The van der Waals surface area contributed by atoms with Crippen LogP contribution in [0.1, 0.15) is 19.4 Å². The standard InChI is InChI=1S/C17H22ClFN2O3/c1-10-7-21(9-12(10)17(23)24)11(2)16(22)20(3)8-13-14(18)5-4-6-15(13)19/h4-6,10-12H,7-9H2,1-3H3,(H,23,24)/t10-,11?,12-/m1/s1. The second-order valence-corrected chi connectivity index (χ2v) is 6.85. The molecule has 1 aromatic carbocycles. The number of likely N-dealkylation sites (N-methyl/N-ethyl adjacent to an activating group) is 1. The average molecular weight is 357 g/mol. The van der Waals surface area contributed by atoms with Gasteiger partial charge in [-0.2, -0.15) is 0 Å². The van der Waals surface area contributed by atoms with Crippen LogP contribution in [0.5, 0.6) is 0 Å². The molecule has 1 aromatic rings. The van der Waals surface area contributed by atoms with E-state index >= 15 is 0 Å². The van der Waals surface area contributed by atoms with Gasteiger partial charge < -0.3 is 10.0 Å². The Morgan fingerprint density at radius 3 is 2.67 bits per heavy atom. The number of benzene rings is 1. The van der Waals surface area contributed by atoms with Crippen LogP contribution in [0.2, 0.25) is 5.02 Å². The Morgan fingerprint density at radius 2 is 2.12 bits per heavy atom. The van der Waals surface area contributed by atoms with Crippen molar-refractivity contribution in [1.29, 1.82) is 0 Å². The van der Waals surface area contributed by atoms with Crippen molar-refractivity contribution in [2.45, 2.75) is 26.4 Å². The number of halogens is 2. The van der Waals surface area contributed by atoms with Crippen LogP contribution >= 0.6 is 11.6 Å². The molecule has 1 N–H and O–H groups in total. The highest BCUT2D eigenvalue weighted by Crippen LogP contribution is 2.26. The SMILES string of the molecule is CC(C(=O)N(C)Cc1c(F)cccc1Cl)N1C[C@@H](C)[C@H](C(=O)O)C1. The van der Waals surface area contributed by atoms with Gasteiger partial charge in [-0.05, 0) is 25.0 Å². The van der Waals surface area contributed by atoms with Crippen molar-refractivity contribution in [3.05, 3.63) is 34.6 Å². The molecule has 0 saturated carbocycles. The number of carbonyl (C=O) groups is 2. The summed E-state index contributed by atoms with van der Waals surface area (Å²) in [6.45, 7) is 4.59. The third kappa shape index (κ3) is 3.87. The van der Waals surface area contributed by atoms with Crippen molar-refractivity contribution in [3.63, 3.8) is 0 Å². The first kappa shape index (κ1) is 18.7. The van der Waals surface area contributed by atoms with Crippen LogP contribution in [0.15, 0.2) is 18.2 Å². The normalized spacial score (nSPS) is 22.4. The lowest BCUT2D eigenvalue weighted by Gasteiger charge is -2.28. The Balaban J connectivity index is 2.04. The van der Waals surface area contributed by atoms with E-state index in [0.717, 1.165) is 0 Å². The minimum atomic E-state index is -0.837. The van der Waals surface area contributed by atoms with Crippen LogP contribution in [-0.4, -0.2) is 53.0 Å². The molecule has 1 heterocycles. The molecule has 0 bridgehead atoms. The predicted octanol–water partition coefficient (Wildman–Crippen LogP) is 2.48. The topological polar surface area (TPSA) is 60.9 Å². The molecule has 0 aromatic heterocycles. The Bertz CT molecular complexity index is 620. The molecule has 1 aliphatic heterocycles. The molecule has 1 amide bonds. The Morgan fingerprint density at radius 1 is 1.46 bits per heavy atom. The van der Waals surface area contributed by atoms with Gasteiger partial charge in [-0.1, -0.05) is 24.6 Å². The zero-order chi connectivity index (χ0) is 18.0. The van der Waals surface area contributed by atoms with E-state index in [-0.39, 0.29) is 29.0 Å². The fourth-order valence-corrected chi connectivity index (χ4v) is 3.34. The number of carbonyl (C=O) groups excluding carboxylic acids is 1. The Hall–Kier alpha value is -1.66. The number of hydrogen-bond acceptors (Lipinski definition) is 3. The first-order valence-electron chi connectivity index (χ1n) is 7.87. The highest BCUT2D eigenvalue weighted by atomic mass is 35.5. The third-order valence-corrected chi connectivity index (χ3v) is 5.05. The zero-order valence-electron chi connectivity index (χ0n) is 14.0. The van der Waals surface area contributed by atoms with E-state index in [1.807, 2.05) is 11.8 Å². The maximum absolute atomic E-state index is 13.9. The van der Waals surface area contributed by atoms with Crippen LogP contribution in [0.25, 0.3) is 0 Å². The van der Waals surface area contributed by atoms with Gasteiger partial charge in [0.15, 0.2) is 0 Å². The summed E-state index contributed by atoms with van der Waals surface area (Å²) in [4.78, 5) is 27.1. The fraction of sp³-hybridized carbons (Fsp3) is 0.529. The van der Waals surface area contributed by atoms with Crippen molar-refractivity contribution in [1.82, 2.24) is 9.80 Å². The monoisotopic (exact) mass is 356 g/mol. The molecular formula is C17H22ClFN2O3. The number of likely N-dealkylation sites (tertiary alicyclic amines) is 1. The first-order chi connectivity index (χ1) is 11.2. The summed E-state index contributed by atoms with van der Waals surface area (Å²) in [7, 11) is 1.59. The second-order valence-electron chi connectivity index (χ2n) is 6.45. The molecule has 1 aliphatic rings. The number of rotatable bonds is 5. The summed E-state index contributed by atoms with van der Waals surface area (Å²) in [6.07, 6.45) is 0. The largest absolute Gasteiger partial charge is 0.481 e. The molecule has 1 saturated heterocycles. The van der Waals surface area contributed by atoms with Crippen molar-refractivity contribution in [2.24, 2.45) is 11.8 Å². The first-order valence-corrected chi connectivity index (χ1v) is 8.24. The highest BCUT2D eigenvalue weighted by Gasteiger charge is 2.38. The summed E-state index contributed by atoms with van der Waals surface area (Å²) < 4.78 is 13.9. The van der Waals surface area contributed by atoms with E-state index in [1.165, 1.54) is 17.0 Å². The van der Waals surface area contributed by atoms with Gasteiger partial charge in [-0.3, -0.25) is 14.5 Å². The number of nitrogens with zero attached hydrogens (tertiary/aromatic N) is 2. The number of carboxylic acids is 1. The molecule has 24 heavy (non-hydrogen) atoms. The molecule has 132 valence electrons. The van der Waals surface area contributed by atoms with Gasteiger partial charge in [0.1, 0.15) is 5.82 Å². The minimum absolute atomic E-state index is 0.0101. The molecule has 1 unspecified atom stereocenters. The predicted molar refractivity (Wildman–Crippen MR) is 89.2 cm³/mol. The van der Waals surface area contributed by atoms with Gasteiger partial charge in [0, 0.05) is 37.3 Å². The van der Waals surface area contributed by atoms with Crippen molar-refractivity contribution in [2.75, 3.05) is 20.1 Å². The van der Waals surface area contributed by atoms with Gasteiger partial charge in [-0.15, -0.1) is 0 Å². The van der Waals surface area contributed by atoms with Gasteiger partial charge in [0.25, 0.3) is 0 Å². The van der Waals surface area contributed by atoms with Gasteiger partial charge in [0.05, 0.1) is 12.0 Å². The van der Waals surface area contributed by atoms with E-state index in [4.69, 9.17) is 11.6 Å². The summed E-state index contributed by atoms with van der Waals surface area (Å²) in [5, 5.41) is 9.49. The van der Waals surface area contributed by atoms with Crippen molar-refractivity contribution >= 4 is 23.5 Å². The van der Waals surface area contributed by atoms with Gasteiger partial charge in [0.2, 0.25) is 5.91 Å². The molecule has 0 radical (unpaired) electrons. The summed E-state index contributed by atoms with van der Waals surface area (Å²) in [6, 6.07) is 3.94. The zero-order valence-corrected chi connectivity index (χ0v) is 14.8. The van der Waals surface area contributed by atoms with Gasteiger partial charge in [-0.25, -0.2) is 4.39 Å². The molecule has 0 spiro atoms. The van der Waals surface area contributed by atoms with E-state index in [1.54, 1.807) is 20.0 Å². The third-order valence-electron chi connectivity index (χ3n) is 4.70. The average Bonchev–Trinajstić information content (AvgIpc) is 2.91. The van der Waals surface area contributed by atoms with E-state index in [2.05, 4.69) is 0 Å². The van der Waals surface area contributed by atoms with Gasteiger partial charge >= 0.3 is 5.97 Å². The number of hydrogen-bond donors (Lipinski definition) is 1. The van der Waals surface area contributed by atoms with E-state index in [0.29, 0.717) is 13.1 Å². The van der Waals surface area contributed by atoms with E-state index in [9.17, 15) is 19.1 Å². The quantitative estimate of drug-likeness (QED) is 0.880. The van der Waals surface area contributed by atoms with Crippen LogP contribution in [0.3, 0.4) is 0 Å². The Kier molecular flexibility index (Phi) is 5.83. The molecular weight excluding hydrogens is 335 g/mol. The number of aliphatic carboxylic acids is 1. The lowest BCUT2D eigenvalue weighted by molar-refractivity contribution is -0.143. The minimum Gasteiger partial charge on any atom is -0.481 e.